The van der Waals surface area contributed by atoms with Gasteiger partial charge in [0.25, 0.3) is 0 Å². The number of nitrogens with zero attached hydrogens (tertiary/aromatic N) is 2. The van der Waals surface area contributed by atoms with Crippen LogP contribution < -0.4 is 0 Å². The summed E-state index contributed by atoms with van der Waals surface area (Å²) in [6, 6.07) is 6.14. The standard InChI is InChI=1S/C15H22N2O2S/c1-15(2,3)19-14(18)17-10-6-7-12(17)11-20-13-8-4-5-9-16-13/h4-5,8-9,12H,6-7,10-11H2,1-3H3/t12-/m1/s1. The number of hydrogen-bond acceptors (Lipinski definition) is 4. The van der Waals surface area contributed by atoms with Crippen molar-refractivity contribution < 1.29 is 9.53 Å². The SMILES string of the molecule is CC(C)(C)OC(=O)N1CCC[C@@H]1CSc1ccccn1. The number of amides is 1. The van der Waals surface area contributed by atoms with Crippen LogP contribution in [0.25, 0.3) is 0 Å². The highest BCUT2D eigenvalue weighted by Crippen LogP contribution is 2.26. The van der Waals surface area contributed by atoms with Crippen LogP contribution in [0.5, 0.6) is 0 Å². The Morgan fingerprint density at radius 3 is 2.95 bits per heavy atom. The van der Waals surface area contributed by atoms with E-state index in [2.05, 4.69) is 4.98 Å². The van der Waals surface area contributed by atoms with Crippen LogP contribution in [0.4, 0.5) is 4.79 Å². The minimum Gasteiger partial charge on any atom is -0.444 e. The first-order valence-corrected chi connectivity index (χ1v) is 7.98. The topological polar surface area (TPSA) is 42.4 Å². The van der Waals surface area contributed by atoms with Crippen LogP contribution >= 0.6 is 11.8 Å². The van der Waals surface area contributed by atoms with E-state index in [1.165, 1.54) is 0 Å². The second-order valence-corrected chi connectivity index (χ2v) is 6.99. The fourth-order valence-electron chi connectivity index (χ4n) is 2.18. The summed E-state index contributed by atoms with van der Waals surface area (Å²) in [5.41, 5.74) is -0.432. The second-order valence-electron chi connectivity index (χ2n) is 5.95. The lowest BCUT2D eigenvalue weighted by Crippen LogP contribution is -2.40. The normalized spacial score (nSPS) is 19.1. The van der Waals surface area contributed by atoms with Gasteiger partial charge in [0.05, 0.1) is 5.03 Å². The molecule has 110 valence electrons. The third-order valence-corrected chi connectivity index (χ3v) is 4.16. The molecule has 1 aliphatic heterocycles. The zero-order valence-corrected chi connectivity index (χ0v) is 13.2. The molecule has 1 saturated heterocycles. The third-order valence-electron chi connectivity index (χ3n) is 3.07. The Labute approximate surface area is 124 Å². The maximum Gasteiger partial charge on any atom is 0.410 e. The number of aromatic nitrogens is 1. The average molecular weight is 294 g/mol. The number of rotatable bonds is 3. The van der Waals surface area contributed by atoms with Gasteiger partial charge in [-0.05, 0) is 45.7 Å². The van der Waals surface area contributed by atoms with Crippen molar-refractivity contribution in [3.05, 3.63) is 24.4 Å². The van der Waals surface area contributed by atoms with E-state index in [0.29, 0.717) is 0 Å². The van der Waals surface area contributed by atoms with E-state index in [9.17, 15) is 4.79 Å². The molecule has 1 aromatic rings. The average Bonchev–Trinajstić information content (AvgIpc) is 2.84. The number of ether oxygens (including phenoxy) is 1. The molecule has 0 unspecified atom stereocenters. The van der Waals surface area contributed by atoms with Crippen molar-refractivity contribution in [2.75, 3.05) is 12.3 Å². The van der Waals surface area contributed by atoms with Crippen molar-refractivity contribution in [2.24, 2.45) is 0 Å². The van der Waals surface area contributed by atoms with Crippen molar-refractivity contribution >= 4 is 17.9 Å². The van der Waals surface area contributed by atoms with Crippen LogP contribution in [0.2, 0.25) is 0 Å². The largest absolute Gasteiger partial charge is 0.444 e. The van der Waals surface area contributed by atoms with Gasteiger partial charge in [0.2, 0.25) is 0 Å². The molecule has 0 saturated carbocycles. The smallest absolute Gasteiger partial charge is 0.410 e. The minimum atomic E-state index is -0.432. The molecule has 5 heteroatoms. The fraction of sp³-hybridized carbons (Fsp3) is 0.600. The number of likely N-dealkylation sites (tertiary alicyclic amines) is 1. The van der Waals surface area contributed by atoms with Crippen LogP contribution in [-0.2, 0) is 4.74 Å². The summed E-state index contributed by atoms with van der Waals surface area (Å²) in [5, 5.41) is 1.00. The highest BCUT2D eigenvalue weighted by Gasteiger charge is 2.32. The van der Waals surface area contributed by atoms with Gasteiger partial charge < -0.3 is 9.64 Å². The zero-order chi connectivity index (χ0) is 14.6. The summed E-state index contributed by atoms with van der Waals surface area (Å²) in [6.07, 6.45) is 3.69. The molecule has 0 bridgehead atoms. The summed E-state index contributed by atoms with van der Waals surface area (Å²) in [6.45, 7) is 6.50. The molecule has 1 aromatic heterocycles. The van der Waals surface area contributed by atoms with Crippen LogP contribution in [0.3, 0.4) is 0 Å². The Balaban J connectivity index is 1.89. The molecule has 0 aromatic carbocycles. The zero-order valence-electron chi connectivity index (χ0n) is 12.3. The van der Waals surface area contributed by atoms with Gasteiger partial charge in [-0.1, -0.05) is 6.07 Å². The molecule has 1 fully saturated rings. The highest BCUT2D eigenvalue weighted by atomic mass is 32.2. The Morgan fingerprint density at radius 1 is 1.50 bits per heavy atom. The van der Waals surface area contributed by atoms with Crippen LogP contribution in [0, 0.1) is 0 Å². The number of carbonyl (C=O) groups excluding carboxylic acids is 1. The Hall–Kier alpha value is -1.23. The molecule has 1 aliphatic rings. The van der Waals surface area contributed by atoms with E-state index in [1.807, 2.05) is 43.9 Å². The number of pyridine rings is 1. The molecule has 1 amide bonds. The lowest BCUT2D eigenvalue weighted by Gasteiger charge is -2.28. The molecule has 4 nitrogen and oxygen atoms in total. The predicted octanol–water partition coefficient (Wildman–Crippen LogP) is 3.57. The molecule has 0 spiro atoms. The highest BCUT2D eigenvalue weighted by molar-refractivity contribution is 7.99. The van der Waals surface area contributed by atoms with E-state index in [-0.39, 0.29) is 12.1 Å². The number of carbonyl (C=O) groups is 1. The molecule has 1 atom stereocenters. The predicted molar refractivity (Wildman–Crippen MR) is 80.9 cm³/mol. The third kappa shape index (κ3) is 4.40. The lowest BCUT2D eigenvalue weighted by atomic mass is 10.2. The summed E-state index contributed by atoms with van der Waals surface area (Å²) >= 11 is 1.70. The summed E-state index contributed by atoms with van der Waals surface area (Å²) in [4.78, 5) is 18.3. The van der Waals surface area contributed by atoms with Crippen molar-refractivity contribution in [3.8, 4) is 0 Å². The molecular formula is C15H22N2O2S. The van der Waals surface area contributed by atoms with Crippen LogP contribution in [0.1, 0.15) is 33.6 Å². The van der Waals surface area contributed by atoms with Crippen molar-refractivity contribution in [2.45, 2.75) is 50.3 Å². The number of hydrogen-bond donors (Lipinski definition) is 0. The first kappa shape index (κ1) is 15.2. The molecule has 20 heavy (non-hydrogen) atoms. The molecule has 0 N–H and O–H groups in total. The van der Waals surface area contributed by atoms with Crippen LogP contribution in [-0.4, -0.2) is 39.9 Å². The Kier molecular flexibility index (Phi) is 4.91. The van der Waals surface area contributed by atoms with Gasteiger partial charge in [0.1, 0.15) is 5.60 Å². The molecule has 2 rings (SSSR count). The van der Waals surface area contributed by atoms with Gasteiger partial charge >= 0.3 is 6.09 Å². The molecule has 0 radical (unpaired) electrons. The van der Waals surface area contributed by atoms with Crippen molar-refractivity contribution in [3.63, 3.8) is 0 Å². The van der Waals surface area contributed by atoms with E-state index < -0.39 is 5.60 Å². The summed E-state index contributed by atoms with van der Waals surface area (Å²) in [5.74, 6) is 0.871. The first-order valence-electron chi connectivity index (χ1n) is 6.99. The fourth-order valence-corrected chi connectivity index (χ4v) is 3.20. The molecular weight excluding hydrogens is 272 g/mol. The first-order chi connectivity index (χ1) is 9.46. The van der Waals surface area contributed by atoms with Gasteiger partial charge in [-0.25, -0.2) is 9.78 Å². The number of thioether (sulfide) groups is 1. The maximum absolute atomic E-state index is 12.2. The van der Waals surface area contributed by atoms with E-state index in [1.54, 1.807) is 18.0 Å². The quantitative estimate of drug-likeness (QED) is 0.799. The second kappa shape index (κ2) is 6.48. The Morgan fingerprint density at radius 2 is 2.30 bits per heavy atom. The van der Waals surface area contributed by atoms with E-state index >= 15 is 0 Å². The van der Waals surface area contributed by atoms with Gasteiger partial charge in [0.15, 0.2) is 0 Å². The lowest BCUT2D eigenvalue weighted by molar-refractivity contribution is 0.0242. The maximum atomic E-state index is 12.2. The van der Waals surface area contributed by atoms with Crippen LogP contribution in [0.15, 0.2) is 29.4 Å². The summed E-state index contributed by atoms with van der Waals surface area (Å²) in [7, 11) is 0. The Bertz CT molecular complexity index is 445. The van der Waals surface area contributed by atoms with Gasteiger partial charge in [-0.3, -0.25) is 0 Å². The minimum absolute atomic E-state index is 0.193. The summed E-state index contributed by atoms with van der Waals surface area (Å²) < 4.78 is 5.47. The molecule has 2 heterocycles. The van der Waals surface area contributed by atoms with E-state index in [4.69, 9.17) is 4.74 Å². The van der Waals surface area contributed by atoms with Gasteiger partial charge in [-0.15, -0.1) is 11.8 Å². The van der Waals surface area contributed by atoms with Crippen molar-refractivity contribution in [1.29, 1.82) is 0 Å². The van der Waals surface area contributed by atoms with E-state index in [0.717, 1.165) is 30.2 Å². The monoisotopic (exact) mass is 294 g/mol. The van der Waals surface area contributed by atoms with Crippen molar-refractivity contribution in [1.82, 2.24) is 9.88 Å². The van der Waals surface area contributed by atoms with Gasteiger partial charge in [0, 0.05) is 24.5 Å². The molecule has 0 aliphatic carbocycles. The van der Waals surface area contributed by atoms with Gasteiger partial charge in [-0.2, -0.15) is 0 Å².